The van der Waals surface area contributed by atoms with Crippen molar-refractivity contribution in [3.05, 3.63) is 70.6 Å². The summed E-state index contributed by atoms with van der Waals surface area (Å²) in [5.41, 5.74) is 4.45. The molecule has 0 N–H and O–H groups in total. The Morgan fingerprint density at radius 2 is 1.93 bits per heavy atom. The average Bonchev–Trinajstić information content (AvgIpc) is 3.28. The van der Waals surface area contributed by atoms with E-state index in [-0.39, 0.29) is 0 Å². The van der Waals surface area contributed by atoms with Gasteiger partial charge in [-0.3, -0.25) is 0 Å². The Morgan fingerprint density at radius 3 is 2.79 bits per heavy atom. The van der Waals surface area contributed by atoms with Crippen LogP contribution in [-0.2, 0) is 6.42 Å². The third-order valence-corrected chi connectivity index (χ3v) is 6.02. The highest BCUT2D eigenvalue weighted by atomic mass is 32.1. The highest BCUT2D eigenvalue weighted by Crippen LogP contribution is 2.43. The molecule has 5 heteroatoms. The first-order chi connectivity index (χ1) is 13.8. The summed E-state index contributed by atoms with van der Waals surface area (Å²) in [5.74, 6) is 1.69. The molecule has 0 bridgehead atoms. The number of rotatable bonds is 4. The maximum atomic E-state index is 5.55. The number of ether oxygens (including phenoxy) is 2. The fraction of sp³-hybridized carbons (Fsp3) is 0.130. The number of fused-ring (bicyclic) bond motifs is 4. The second-order valence-corrected chi connectivity index (χ2v) is 7.69. The quantitative estimate of drug-likeness (QED) is 0.376. The topological polar surface area (TPSA) is 43.7 Å². The van der Waals surface area contributed by atoms with Gasteiger partial charge in [0.15, 0.2) is 0 Å². The summed E-state index contributed by atoms with van der Waals surface area (Å²) < 4.78 is 10.9. The maximum Gasteiger partial charge on any atom is 0.209 e. The predicted octanol–water partition coefficient (Wildman–Crippen LogP) is 5.64. The van der Waals surface area contributed by atoms with E-state index >= 15 is 0 Å². The smallest absolute Gasteiger partial charge is 0.209 e. The van der Waals surface area contributed by atoms with Gasteiger partial charge in [-0.2, -0.15) is 0 Å². The summed E-state index contributed by atoms with van der Waals surface area (Å²) in [6.45, 7) is 0. The van der Waals surface area contributed by atoms with Crippen molar-refractivity contribution >= 4 is 33.5 Å². The SMILES string of the molecule is COc1ccc2c(c1)Cc1sc(N=Cc3c(OC)ccc4ccccc34)nc1-2. The maximum absolute atomic E-state index is 5.55. The van der Waals surface area contributed by atoms with Crippen molar-refractivity contribution in [2.24, 2.45) is 4.99 Å². The minimum Gasteiger partial charge on any atom is -0.497 e. The van der Waals surface area contributed by atoms with E-state index in [1.54, 1.807) is 25.6 Å². The monoisotopic (exact) mass is 386 g/mol. The molecule has 0 amide bonds. The highest BCUT2D eigenvalue weighted by Gasteiger charge is 2.23. The van der Waals surface area contributed by atoms with Gasteiger partial charge in [0.2, 0.25) is 5.13 Å². The van der Waals surface area contributed by atoms with E-state index in [4.69, 9.17) is 14.5 Å². The van der Waals surface area contributed by atoms with Crippen LogP contribution in [0.4, 0.5) is 5.13 Å². The van der Waals surface area contributed by atoms with Crippen molar-refractivity contribution in [1.29, 1.82) is 0 Å². The van der Waals surface area contributed by atoms with Gasteiger partial charge in [0.25, 0.3) is 0 Å². The fourth-order valence-corrected chi connectivity index (χ4v) is 4.62. The molecular weight excluding hydrogens is 368 g/mol. The van der Waals surface area contributed by atoms with E-state index in [0.29, 0.717) is 0 Å². The Balaban J connectivity index is 1.52. The molecule has 5 rings (SSSR count). The molecule has 1 aliphatic rings. The van der Waals surface area contributed by atoms with E-state index in [1.807, 2.05) is 30.5 Å². The molecule has 0 atom stereocenters. The Bertz CT molecular complexity index is 1230. The van der Waals surface area contributed by atoms with Crippen LogP contribution in [0.5, 0.6) is 11.5 Å². The molecule has 1 aromatic heterocycles. The third kappa shape index (κ3) is 2.75. The van der Waals surface area contributed by atoms with Crippen molar-refractivity contribution in [3.8, 4) is 22.8 Å². The van der Waals surface area contributed by atoms with Gasteiger partial charge in [0.05, 0.1) is 19.9 Å². The van der Waals surface area contributed by atoms with Crippen LogP contribution in [0.1, 0.15) is 16.0 Å². The van der Waals surface area contributed by atoms with Gasteiger partial charge in [-0.25, -0.2) is 9.98 Å². The highest BCUT2D eigenvalue weighted by molar-refractivity contribution is 7.15. The van der Waals surface area contributed by atoms with Crippen LogP contribution in [-0.4, -0.2) is 25.4 Å². The second-order valence-electron chi connectivity index (χ2n) is 6.63. The largest absolute Gasteiger partial charge is 0.497 e. The van der Waals surface area contributed by atoms with Gasteiger partial charge in [0.1, 0.15) is 11.5 Å². The minimum atomic E-state index is 0.765. The lowest BCUT2D eigenvalue weighted by Crippen LogP contribution is -1.92. The van der Waals surface area contributed by atoms with Crippen LogP contribution >= 0.6 is 11.3 Å². The van der Waals surface area contributed by atoms with Crippen molar-refractivity contribution < 1.29 is 9.47 Å². The number of nitrogens with zero attached hydrogens (tertiary/aromatic N) is 2. The molecular formula is C23H18N2O2S. The van der Waals surface area contributed by atoms with Crippen molar-refractivity contribution in [3.63, 3.8) is 0 Å². The van der Waals surface area contributed by atoms with E-state index in [2.05, 4.69) is 35.3 Å². The molecule has 0 unspecified atom stereocenters. The lowest BCUT2D eigenvalue weighted by atomic mass is 10.0. The minimum absolute atomic E-state index is 0.765. The normalized spacial score (nSPS) is 12.4. The fourth-order valence-electron chi connectivity index (χ4n) is 3.68. The molecule has 0 aliphatic heterocycles. The van der Waals surface area contributed by atoms with E-state index < -0.39 is 0 Å². The van der Waals surface area contributed by atoms with Crippen molar-refractivity contribution in [2.75, 3.05) is 14.2 Å². The molecule has 0 saturated carbocycles. The zero-order valence-corrected chi connectivity index (χ0v) is 16.4. The van der Waals surface area contributed by atoms with E-state index in [0.717, 1.165) is 45.1 Å². The summed E-state index contributed by atoms with van der Waals surface area (Å²) in [4.78, 5) is 10.7. The molecule has 0 fully saturated rings. The van der Waals surface area contributed by atoms with Gasteiger partial charge in [-0.15, -0.1) is 0 Å². The van der Waals surface area contributed by atoms with Crippen LogP contribution in [0.15, 0.2) is 59.6 Å². The number of benzene rings is 3. The average molecular weight is 386 g/mol. The Hall–Kier alpha value is -3.18. The van der Waals surface area contributed by atoms with Gasteiger partial charge in [0, 0.05) is 28.6 Å². The summed E-state index contributed by atoms with van der Waals surface area (Å²) in [7, 11) is 3.38. The lowest BCUT2D eigenvalue weighted by molar-refractivity contribution is 0.414. The molecule has 0 radical (unpaired) electrons. The molecule has 1 aliphatic carbocycles. The van der Waals surface area contributed by atoms with Crippen LogP contribution in [0, 0.1) is 0 Å². The molecule has 3 aromatic carbocycles. The van der Waals surface area contributed by atoms with Crippen LogP contribution in [0.3, 0.4) is 0 Å². The summed E-state index contributed by atoms with van der Waals surface area (Å²) in [5, 5.41) is 3.04. The van der Waals surface area contributed by atoms with Crippen LogP contribution in [0.25, 0.3) is 22.0 Å². The van der Waals surface area contributed by atoms with E-state index in [9.17, 15) is 0 Å². The van der Waals surface area contributed by atoms with Gasteiger partial charge >= 0.3 is 0 Å². The molecule has 4 aromatic rings. The van der Waals surface area contributed by atoms with Gasteiger partial charge < -0.3 is 9.47 Å². The van der Waals surface area contributed by atoms with Gasteiger partial charge in [-0.1, -0.05) is 41.7 Å². The van der Waals surface area contributed by atoms with Crippen LogP contribution < -0.4 is 9.47 Å². The predicted molar refractivity (Wildman–Crippen MR) is 115 cm³/mol. The lowest BCUT2D eigenvalue weighted by Gasteiger charge is -2.08. The van der Waals surface area contributed by atoms with Crippen molar-refractivity contribution in [1.82, 2.24) is 4.98 Å². The summed E-state index contributed by atoms with van der Waals surface area (Å²) in [6, 6.07) is 18.4. The Kier molecular flexibility index (Phi) is 4.10. The zero-order valence-electron chi connectivity index (χ0n) is 15.6. The van der Waals surface area contributed by atoms with Gasteiger partial charge in [-0.05, 0) is 40.6 Å². The number of thiazole rings is 1. The van der Waals surface area contributed by atoms with Crippen LogP contribution in [0.2, 0.25) is 0 Å². The first-order valence-corrected chi connectivity index (χ1v) is 9.85. The molecule has 0 saturated heterocycles. The third-order valence-electron chi connectivity index (χ3n) is 5.06. The standard InChI is InChI=1S/C23H18N2O2S/c1-26-16-8-9-18-15(11-16)12-21-22(18)25-23(28-21)24-13-19-17-6-4-3-5-14(17)7-10-20(19)27-2/h3-11,13H,12H2,1-2H3. The number of methoxy groups -OCH3 is 2. The number of hydrogen-bond acceptors (Lipinski definition) is 5. The molecule has 28 heavy (non-hydrogen) atoms. The molecule has 138 valence electrons. The Morgan fingerprint density at radius 1 is 1.04 bits per heavy atom. The zero-order chi connectivity index (χ0) is 19.1. The number of aliphatic imine (C=N–C) groups is 1. The number of aromatic nitrogens is 1. The first-order valence-electron chi connectivity index (χ1n) is 9.03. The van der Waals surface area contributed by atoms with E-state index in [1.165, 1.54) is 16.0 Å². The number of hydrogen-bond donors (Lipinski definition) is 0. The second kappa shape index (κ2) is 6.77. The van der Waals surface area contributed by atoms with Crippen molar-refractivity contribution in [2.45, 2.75) is 6.42 Å². The first kappa shape index (κ1) is 17.0. The summed E-state index contributed by atoms with van der Waals surface area (Å²) >= 11 is 1.64. The molecule has 0 spiro atoms. The Labute approximate surface area is 167 Å². The molecule has 1 heterocycles. The summed E-state index contributed by atoms with van der Waals surface area (Å²) in [6.07, 6.45) is 2.75. The molecule has 4 nitrogen and oxygen atoms in total.